The second-order valence-electron chi connectivity index (χ2n) is 4.41. The Morgan fingerprint density at radius 3 is 2.40 bits per heavy atom. The van der Waals surface area contributed by atoms with Crippen molar-refractivity contribution in [2.75, 3.05) is 0 Å². The van der Waals surface area contributed by atoms with Crippen LogP contribution in [0.25, 0.3) is 11.1 Å². The van der Waals surface area contributed by atoms with Crippen LogP contribution in [0.3, 0.4) is 0 Å². The van der Waals surface area contributed by atoms with E-state index in [9.17, 15) is 19.1 Å². The van der Waals surface area contributed by atoms with E-state index < -0.39 is 5.97 Å². The number of hydrogen-bond acceptors (Lipinski definition) is 2. The number of nitrogens with zero attached hydrogens (tertiary/aromatic N) is 1. The zero-order valence-corrected chi connectivity index (χ0v) is 11.2. The molecule has 0 aliphatic heterocycles. The van der Waals surface area contributed by atoms with Gasteiger partial charge in [0.25, 0.3) is 0 Å². The Bertz CT molecular complexity index is 671. The van der Waals surface area contributed by atoms with Gasteiger partial charge in [0, 0.05) is 12.1 Å². The van der Waals surface area contributed by atoms with Gasteiger partial charge >= 0.3 is 5.97 Å². The van der Waals surface area contributed by atoms with Gasteiger partial charge in [0.2, 0.25) is 0 Å². The van der Waals surface area contributed by atoms with E-state index in [0.717, 1.165) is 0 Å². The molecule has 0 aliphatic carbocycles. The highest BCUT2D eigenvalue weighted by atomic mass is 19.1. The molecule has 1 aromatic carbocycles. The summed E-state index contributed by atoms with van der Waals surface area (Å²) in [6, 6.07) is 5.65. The molecule has 20 heavy (non-hydrogen) atoms. The third-order valence-corrected chi connectivity index (χ3v) is 3.31. The molecule has 2 rings (SSSR count). The molecule has 0 saturated carbocycles. The predicted octanol–water partition coefficient (Wildman–Crippen LogP) is 3.13. The fraction of sp³-hybridized carbons (Fsp3) is 0.200. The van der Waals surface area contributed by atoms with Crippen LogP contribution in [0.15, 0.2) is 24.3 Å². The van der Waals surface area contributed by atoms with Crippen LogP contribution in [0.5, 0.6) is 0 Å². The Labute approximate surface area is 115 Å². The fourth-order valence-electron chi connectivity index (χ4n) is 2.48. The third-order valence-electron chi connectivity index (χ3n) is 3.31. The number of rotatable bonds is 4. The average Bonchev–Trinajstić information content (AvgIpc) is 2.71. The summed E-state index contributed by atoms with van der Waals surface area (Å²) < 4.78 is 14.5. The minimum atomic E-state index is -1.08. The van der Waals surface area contributed by atoms with Crippen molar-refractivity contribution in [3.05, 3.63) is 47.0 Å². The maximum atomic E-state index is 13.0. The molecule has 1 heterocycles. The lowest BCUT2D eigenvalue weighted by molar-refractivity contribution is 0.0684. The van der Waals surface area contributed by atoms with Gasteiger partial charge < -0.3 is 9.67 Å². The highest BCUT2D eigenvalue weighted by molar-refractivity contribution is 5.97. The SMILES string of the molecule is CCn1c(C=O)c(-c2ccc(F)cc2)c(C)c1C(=O)O. The van der Waals surface area contributed by atoms with Gasteiger partial charge in [0.05, 0.1) is 5.69 Å². The Kier molecular flexibility index (Phi) is 3.70. The lowest BCUT2D eigenvalue weighted by Crippen LogP contribution is -2.10. The average molecular weight is 275 g/mol. The minimum Gasteiger partial charge on any atom is -0.477 e. The van der Waals surface area contributed by atoms with Gasteiger partial charge in [-0.25, -0.2) is 9.18 Å². The number of aldehydes is 1. The van der Waals surface area contributed by atoms with Crippen LogP contribution in [0.2, 0.25) is 0 Å². The quantitative estimate of drug-likeness (QED) is 0.872. The number of carboxylic acid groups (broad SMARTS) is 1. The normalized spacial score (nSPS) is 10.6. The van der Waals surface area contributed by atoms with E-state index in [2.05, 4.69) is 0 Å². The number of aromatic carboxylic acids is 1. The Morgan fingerprint density at radius 1 is 1.35 bits per heavy atom. The fourth-order valence-corrected chi connectivity index (χ4v) is 2.48. The summed E-state index contributed by atoms with van der Waals surface area (Å²) in [5.74, 6) is -1.46. The highest BCUT2D eigenvalue weighted by Crippen LogP contribution is 2.31. The lowest BCUT2D eigenvalue weighted by atomic mass is 10.0. The molecule has 4 nitrogen and oxygen atoms in total. The van der Waals surface area contributed by atoms with Crippen molar-refractivity contribution in [1.29, 1.82) is 0 Å². The smallest absolute Gasteiger partial charge is 0.352 e. The molecule has 0 fully saturated rings. The molecule has 1 N–H and O–H groups in total. The third kappa shape index (κ3) is 2.11. The van der Waals surface area contributed by atoms with Gasteiger partial charge in [-0.3, -0.25) is 4.79 Å². The van der Waals surface area contributed by atoms with Crippen LogP contribution in [0, 0.1) is 12.7 Å². The predicted molar refractivity (Wildman–Crippen MR) is 72.6 cm³/mol. The minimum absolute atomic E-state index is 0.0916. The summed E-state index contributed by atoms with van der Waals surface area (Å²) >= 11 is 0. The van der Waals surface area contributed by atoms with Gasteiger partial charge in [0.1, 0.15) is 11.5 Å². The number of carbonyl (C=O) groups excluding carboxylic acids is 1. The molecule has 104 valence electrons. The molecule has 1 aromatic heterocycles. The largest absolute Gasteiger partial charge is 0.477 e. The molecule has 0 amide bonds. The highest BCUT2D eigenvalue weighted by Gasteiger charge is 2.24. The zero-order chi connectivity index (χ0) is 14.9. The van der Waals surface area contributed by atoms with Crippen LogP contribution in [-0.2, 0) is 6.54 Å². The van der Waals surface area contributed by atoms with E-state index in [1.807, 2.05) is 0 Å². The van der Waals surface area contributed by atoms with Crippen LogP contribution < -0.4 is 0 Å². The molecule has 0 spiro atoms. The second-order valence-corrected chi connectivity index (χ2v) is 4.41. The summed E-state index contributed by atoms with van der Waals surface area (Å²) in [7, 11) is 0. The van der Waals surface area contributed by atoms with Crippen LogP contribution in [0.1, 0.15) is 33.5 Å². The number of halogens is 1. The standard InChI is InChI=1S/C15H14FNO3/c1-3-17-12(8-18)13(9(2)14(17)15(19)20)10-4-6-11(16)7-5-10/h4-8H,3H2,1-2H3,(H,19,20). The van der Waals surface area contributed by atoms with Gasteiger partial charge in [-0.05, 0) is 37.1 Å². The number of aromatic nitrogens is 1. The molecular weight excluding hydrogens is 261 g/mol. The molecule has 0 bridgehead atoms. The number of hydrogen-bond donors (Lipinski definition) is 1. The first-order chi connectivity index (χ1) is 9.51. The van der Waals surface area contributed by atoms with Crippen molar-refractivity contribution in [2.24, 2.45) is 0 Å². The molecular formula is C15H14FNO3. The van der Waals surface area contributed by atoms with E-state index in [0.29, 0.717) is 35.2 Å². The number of carboxylic acids is 1. The zero-order valence-electron chi connectivity index (χ0n) is 11.2. The Morgan fingerprint density at radius 2 is 1.95 bits per heavy atom. The Balaban J connectivity index is 2.78. The van der Waals surface area contributed by atoms with Crippen molar-refractivity contribution in [3.63, 3.8) is 0 Å². The van der Waals surface area contributed by atoms with Gasteiger partial charge in [-0.1, -0.05) is 12.1 Å². The molecule has 5 heteroatoms. The van der Waals surface area contributed by atoms with Crippen molar-refractivity contribution in [2.45, 2.75) is 20.4 Å². The summed E-state index contributed by atoms with van der Waals surface area (Å²) in [6.45, 7) is 3.80. The molecule has 0 radical (unpaired) electrons. The summed E-state index contributed by atoms with van der Waals surface area (Å²) in [4.78, 5) is 22.7. The van der Waals surface area contributed by atoms with Crippen LogP contribution in [0.4, 0.5) is 4.39 Å². The summed E-state index contributed by atoms with van der Waals surface area (Å²) in [5.41, 5.74) is 2.07. The van der Waals surface area contributed by atoms with E-state index in [1.54, 1.807) is 13.8 Å². The number of benzene rings is 1. The summed E-state index contributed by atoms with van der Waals surface area (Å²) in [6.07, 6.45) is 0.641. The monoisotopic (exact) mass is 275 g/mol. The molecule has 2 aromatic rings. The van der Waals surface area contributed by atoms with Crippen molar-refractivity contribution in [3.8, 4) is 11.1 Å². The van der Waals surface area contributed by atoms with Gasteiger partial charge in [-0.2, -0.15) is 0 Å². The molecule has 0 aliphatic rings. The topological polar surface area (TPSA) is 59.3 Å². The van der Waals surface area contributed by atoms with Crippen molar-refractivity contribution < 1.29 is 19.1 Å². The van der Waals surface area contributed by atoms with Crippen LogP contribution in [-0.4, -0.2) is 21.9 Å². The van der Waals surface area contributed by atoms with Gasteiger partial charge in [-0.15, -0.1) is 0 Å². The van der Waals surface area contributed by atoms with Crippen LogP contribution >= 0.6 is 0 Å². The lowest BCUT2D eigenvalue weighted by Gasteiger charge is -2.05. The number of carbonyl (C=O) groups is 2. The molecule has 0 unspecified atom stereocenters. The maximum absolute atomic E-state index is 13.0. The Hall–Kier alpha value is -2.43. The first kappa shape index (κ1) is 14.0. The first-order valence-corrected chi connectivity index (χ1v) is 6.18. The van der Waals surface area contributed by atoms with Crippen molar-refractivity contribution in [1.82, 2.24) is 4.57 Å². The van der Waals surface area contributed by atoms with E-state index in [-0.39, 0.29) is 11.5 Å². The first-order valence-electron chi connectivity index (χ1n) is 6.18. The summed E-state index contributed by atoms with van der Waals surface area (Å²) in [5, 5.41) is 9.31. The molecule has 0 atom stereocenters. The van der Waals surface area contributed by atoms with Crippen molar-refractivity contribution >= 4 is 12.3 Å². The maximum Gasteiger partial charge on any atom is 0.352 e. The molecule has 0 saturated heterocycles. The van der Waals surface area contributed by atoms with E-state index in [4.69, 9.17) is 0 Å². The van der Waals surface area contributed by atoms with E-state index in [1.165, 1.54) is 28.8 Å². The second kappa shape index (κ2) is 5.28. The van der Waals surface area contributed by atoms with E-state index >= 15 is 0 Å². The van der Waals surface area contributed by atoms with Gasteiger partial charge in [0.15, 0.2) is 6.29 Å².